The number of aromatic nitrogens is 2. The predicted octanol–water partition coefficient (Wildman–Crippen LogP) is 4.46. The Hall–Kier alpha value is -3.00. The number of fused-ring (bicyclic) bond motifs is 1. The van der Waals surface area contributed by atoms with Crippen molar-refractivity contribution in [3.8, 4) is 28.5 Å². The van der Waals surface area contributed by atoms with Crippen molar-refractivity contribution in [1.29, 1.82) is 0 Å². The molecule has 0 N–H and O–H groups in total. The Morgan fingerprint density at radius 2 is 2.00 bits per heavy atom. The van der Waals surface area contributed by atoms with Crippen LogP contribution in [0, 0.1) is 5.82 Å². The van der Waals surface area contributed by atoms with Crippen molar-refractivity contribution in [2.24, 2.45) is 0 Å². The summed E-state index contributed by atoms with van der Waals surface area (Å²) >= 11 is 1.33. The maximum absolute atomic E-state index is 13.9. The molecule has 0 radical (unpaired) electrons. The standard InChI is InChI=1S/C22H21FN2O4S/c1-3-25-17(14-4-7-20-21(11-14)29-9-8-28-20)12-24-22(25)30-13-18(26)15-5-6-19(27-2)16(23)10-15/h4-7,10-12H,3,8-9,13H2,1-2H3. The van der Waals surface area contributed by atoms with Crippen LogP contribution in [-0.2, 0) is 6.54 Å². The van der Waals surface area contributed by atoms with E-state index in [1.165, 1.54) is 31.0 Å². The van der Waals surface area contributed by atoms with Gasteiger partial charge in [-0.25, -0.2) is 9.37 Å². The molecule has 2 heterocycles. The number of rotatable bonds is 7. The second-order valence-electron chi connectivity index (χ2n) is 6.59. The van der Waals surface area contributed by atoms with E-state index in [0.717, 1.165) is 22.2 Å². The number of hydrogen-bond donors (Lipinski definition) is 0. The van der Waals surface area contributed by atoms with Gasteiger partial charge < -0.3 is 18.8 Å². The minimum absolute atomic E-state index is 0.116. The fourth-order valence-electron chi connectivity index (χ4n) is 3.27. The number of carbonyl (C=O) groups is 1. The molecule has 4 rings (SSSR count). The van der Waals surface area contributed by atoms with E-state index in [9.17, 15) is 9.18 Å². The first-order chi connectivity index (χ1) is 14.6. The number of halogens is 1. The fourth-order valence-corrected chi connectivity index (χ4v) is 4.20. The molecule has 6 nitrogen and oxygen atoms in total. The summed E-state index contributed by atoms with van der Waals surface area (Å²) in [6.07, 6.45) is 1.79. The van der Waals surface area contributed by atoms with Gasteiger partial charge in [0.1, 0.15) is 13.2 Å². The average Bonchev–Trinajstić information content (AvgIpc) is 3.20. The van der Waals surface area contributed by atoms with Crippen LogP contribution in [0.4, 0.5) is 4.39 Å². The molecule has 1 aliphatic heterocycles. The van der Waals surface area contributed by atoms with E-state index in [0.29, 0.717) is 31.1 Å². The number of imidazole rings is 1. The van der Waals surface area contributed by atoms with Crippen LogP contribution in [-0.4, -0.2) is 41.4 Å². The molecule has 0 spiro atoms. The van der Waals surface area contributed by atoms with Gasteiger partial charge in [-0.05, 0) is 43.3 Å². The number of hydrogen-bond acceptors (Lipinski definition) is 6. The van der Waals surface area contributed by atoms with Crippen LogP contribution in [0.1, 0.15) is 17.3 Å². The summed E-state index contributed by atoms with van der Waals surface area (Å²) in [5.74, 6) is 0.999. The van der Waals surface area contributed by atoms with Gasteiger partial charge in [0.25, 0.3) is 0 Å². The Morgan fingerprint density at radius 1 is 1.20 bits per heavy atom. The normalized spacial score (nSPS) is 12.6. The molecule has 0 atom stereocenters. The van der Waals surface area contributed by atoms with Crippen LogP contribution in [0.5, 0.6) is 17.2 Å². The predicted molar refractivity (Wildman–Crippen MR) is 112 cm³/mol. The summed E-state index contributed by atoms with van der Waals surface area (Å²) in [5.41, 5.74) is 2.20. The molecule has 2 aromatic carbocycles. The highest BCUT2D eigenvalue weighted by Crippen LogP contribution is 2.35. The number of ether oxygens (including phenoxy) is 3. The van der Waals surface area contributed by atoms with Crippen LogP contribution in [0.15, 0.2) is 47.8 Å². The third-order valence-electron chi connectivity index (χ3n) is 4.78. The third kappa shape index (κ3) is 4.00. The van der Waals surface area contributed by atoms with Crippen LogP contribution >= 0.6 is 11.8 Å². The van der Waals surface area contributed by atoms with E-state index in [1.807, 2.05) is 29.7 Å². The van der Waals surface area contributed by atoms with Gasteiger partial charge in [0.05, 0.1) is 24.8 Å². The van der Waals surface area contributed by atoms with Gasteiger partial charge >= 0.3 is 0 Å². The number of benzene rings is 2. The molecule has 0 saturated carbocycles. The Balaban J connectivity index is 1.51. The Labute approximate surface area is 178 Å². The molecule has 3 aromatic rings. The monoisotopic (exact) mass is 428 g/mol. The minimum Gasteiger partial charge on any atom is -0.494 e. The molecular weight excluding hydrogens is 407 g/mol. The van der Waals surface area contributed by atoms with Crippen LogP contribution in [0.2, 0.25) is 0 Å². The second kappa shape index (κ2) is 8.79. The van der Waals surface area contributed by atoms with E-state index >= 15 is 0 Å². The summed E-state index contributed by atoms with van der Waals surface area (Å²) in [6.45, 7) is 3.79. The number of methoxy groups -OCH3 is 1. The topological polar surface area (TPSA) is 62.6 Å². The lowest BCUT2D eigenvalue weighted by Gasteiger charge is -2.19. The molecule has 0 bridgehead atoms. The number of ketones is 1. The smallest absolute Gasteiger partial charge is 0.173 e. The Morgan fingerprint density at radius 3 is 2.73 bits per heavy atom. The van der Waals surface area contributed by atoms with Gasteiger partial charge in [-0.2, -0.15) is 0 Å². The Kier molecular flexibility index (Phi) is 5.94. The first-order valence-corrected chi connectivity index (χ1v) is 10.5. The molecule has 0 fully saturated rings. The molecule has 1 aromatic heterocycles. The summed E-state index contributed by atoms with van der Waals surface area (Å²) < 4.78 is 32.1. The number of thioether (sulfide) groups is 1. The molecule has 0 amide bonds. The third-order valence-corrected chi connectivity index (χ3v) is 5.77. The quantitative estimate of drug-likeness (QED) is 0.409. The van der Waals surface area contributed by atoms with Gasteiger partial charge in [-0.15, -0.1) is 0 Å². The zero-order valence-electron chi connectivity index (χ0n) is 16.7. The maximum atomic E-state index is 13.9. The van der Waals surface area contributed by atoms with Gasteiger partial charge in [0.2, 0.25) is 0 Å². The van der Waals surface area contributed by atoms with E-state index < -0.39 is 5.82 Å². The lowest BCUT2D eigenvalue weighted by Crippen LogP contribution is -2.15. The summed E-state index contributed by atoms with van der Waals surface area (Å²) in [6, 6.07) is 10.0. The van der Waals surface area contributed by atoms with Crippen LogP contribution < -0.4 is 14.2 Å². The zero-order chi connectivity index (χ0) is 21.1. The second-order valence-corrected chi connectivity index (χ2v) is 7.53. The highest BCUT2D eigenvalue weighted by atomic mass is 32.2. The highest BCUT2D eigenvalue weighted by Gasteiger charge is 2.17. The highest BCUT2D eigenvalue weighted by molar-refractivity contribution is 7.99. The van der Waals surface area contributed by atoms with Crippen molar-refractivity contribution >= 4 is 17.5 Å². The van der Waals surface area contributed by atoms with Crippen molar-refractivity contribution in [3.63, 3.8) is 0 Å². The average molecular weight is 428 g/mol. The van der Waals surface area contributed by atoms with Crippen molar-refractivity contribution in [2.75, 3.05) is 26.1 Å². The summed E-state index contributed by atoms with van der Waals surface area (Å²) in [7, 11) is 1.39. The SMILES string of the molecule is CCn1c(-c2ccc3c(c2)OCCO3)cnc1SCC(=O)c1ccc(OC)c(F)c1. The van der Waals surface area contributed by atoms with E-state index in [2.05, 4.69) is 4.98 Å². The molecule has 156 valence electrons. The molecule has 0 unspecified atom stereocenters. The van der Waals surface area contributed by atoms with Crippen molar-refractivity contribution in [1.82, 2.24) is 9.55 Å². The molecule has 0 saturated heterocycles. The summed E-state index contributed by atoms with van der Waals surface area (Å²) in [5, 5.41) is 0.727. The fraction of sp³-hybridized carbons (Fsp3) is 0.273. The molecular formula is C22H21FN2O4S. The molecule has 30 heavy (non-hydrogen) atoms. The maximum Gasteiger partial charge on any atom is 0.173 e. The number of Topliss-reactive ketones (excluding diaryl/α,β-unsaturated/α-hetero) is 1. The van der Waals surface area contributed by atoms with Crippen molar-refractivity contribution < 1.29 is 23.4 Å². The Bertz CT molecular complexity index is 1080. The minimum atomic E-state index is -0.552. The van der Waals surface area contributed by atoms with Gasteiger partial charge in [0.15, 0.2) is 34.0 Å². The summed E-state index contributed by atoms with van der Waals surface area (Å²) in [4.78, 5) is 17.0. The van der Waals surface area contributed by atoms with Crippen molar-refractivity contribution in [3.05, 3.63) is 54.0 Å². The van der Waals surface area contributed by atoms with E-state index in [1.54, 1.807) is 12.3 Å². The lowest BCUT2D eigenvalue weighted by molar-refractivity contribution is 0.102. The first kappa shape index (κ1) is 20.3. The van der Waals surface area contributed by atoms with Crippen molar-refractivity contribution in [2.45, 2.75) is 18.6 Å². The lowest BCUT2D eigenvalue weighted by atomic mass is 10.1. The van der Waals surface area contributed by atoms with E-state index in [4.69, 9.17) is 14.2 Å². The number of nitrogens with zero attached hydrogens (tertiary/aromatic N) is 2. The molecule has 0 aliphatic carbocycles. The van der Waals surface area contributed by atoms with Gasteiger partial charge in [-0.1, -0.05) is 11.8 Å². The first-order valence-electron chi connectivity index (χ1n) is 9.55. The number of carbonyl (C=O) groups excluding carboxylic acids is 1. The van der Waals surface area contributed by atoms with E-state index in [-0.39, 0.29) is 17.3 Å². The van der Waals surface area contributed by atoms with Gasteiger partial charge in [-0.3, -0.25) is 4.79 Å². The van der Waals surface area contributed by atoms with Crippen LogP contribution in [0.3, 0.4) is 0 Å². The molecule has 8 heteroatoms. The van der Waals surface area contributed by atoms with Crippen LogP contribution in [0.25, 0.3) is 11.3 Å². The zero-order valence-corrected chi connectivity index (χ0v) is 17.5. The van der Waals surface area contributed by atoms with Gasteiger partial charge in [0, 0.05) is 17.7 Å². The largest absolute Gasteiger partial charge is 0.494 e. The molecule has 1 aliphatic rings.